The van der Waals surface area contributed by atoms with Crippen molar-refractivity contribution in [3.8, 4) is 0 Å². The Morgan fingerprint density at radius 3 is 2.22 bits per heavy atom. The summed E-state index contributed by atoms with van der Waals surface area (Å²) in [5.41, 5.74) is 2.77. The summed E-state index contributed by atoms with van der Waals surface area (Å²) in [5.74, 6) is -0.335. The fraction of sp³-hybridized carbons (Fsp3) is 0.333. The largest absolute Gasteiger partial charge is 0.372 e. The summed E-state index contributed by atoms with van der Waals surface area (Å²) in [4.78, 5) is 28.6. The van der Waals surface area contributed by atoms with Crippen molar-refractivity contribution in [2.24, 2.45) is 0 Å². The number of hydrogen-bond donors (Lipinski definition) is 2. The first kappa shape index (κ1) is 15.3. The van der Waals surface area contributed by atoms with Gasteiger partial charge in [0.1, 0.15) is 5.69 Å². The predicted molar refractivity (Wildman–Crippen MR) is 91.3 cm³/mol. The first-order valence-corrected chi connectivity index (χ1v) is 8.00. The number of amides is 1. The molecular formula is C18H21N3O2. The van der Waals surface area contributed by atoms with E-state index >= 15 is 0 Å². The molecule has 0 aliphatic carbocycles. The van der Waals surface area contributed by atoms with Gasteiger partial charge in [-0.05, 0) is 55.7 Å². The van der Waals surface area contributed by atoms with Crippen molar-refractivity contribution in [1.29, 1.82) is 0 Å². The molecule has 1 saturated heterocycles. The van der Waals surface area contributed by atoms with Crippen molar-refractivity contribution >= 4 is 23.1 Å². The Bertz CT molecular complexity index is 697. The molecule has 0 atom stereocenters. The van der Waals surface area contributed by atoms with Crippen LogP contribution in [0.5, 0.6) is 0 Å². The summed E-state index contributed by atoms with van der Waals surface area (Å²) in [6, 6.07) is 11.1. The van der Waals surface area contributed by atoms with Gasteiger partial charge in [-0.2, -0.15) is 0 Å². The van der Waals surface area contributed by atoms with Gasteiger partial charge in [0.05, 0.1) is 5.69 Å². The van der Waals surface area contributed by atoms with E-state index in [0.717, 1.165) is 18.8 Å². The van der Waals surface area contributed by atoms with Gasteiger partial charge in [-0.15, -0.1) is 0 Å². The Morgan fingerprint density at radius 1 is 0.957 bits per heavy atom. The second-order valence-electron chi connectivity index (χ2n) is 5.89. The Balaban J connectivity index is 1.65. The van der Waals surface area contributed by atoms with E-state index < -0.39 is 0 Å². The average molecular weight is 311 g/mol. The van der Waals surface area contributed by atoms with E-state index in [1.165, 1.54) is 31.9 Å². The number of Topliss-reactive ketones (excluding diaryl/α,β-unsaturated/α-hetero) is 1. The van der Waals surface area contributed by atoms with Crippen LogP contribution >= 0.6 is 0 Å². The maximum absolute atomic E-state index is 12.2. The van der Waals surface area contributed by atoms with E-state index in [1.54, 1.807) is 12.1 Å². The molecule has 1 aliphatic heterocycles. The lowest BCUT2D eigenvalue weighted by Gasteiger charge is -2.28. The second-order valence-corrected chi connectivity index (χ2v) is 5.89. The van der Waals surface area contributed by atoms with E-state index in [1.807, 2.05) is 24.3 Å². The zero-order chi connectivity index (χ0) is 16.2. The van der Waals surface area contributed by atoms with Gasteiger partial charge < -0.3 is 15.2 Å². The van der Waals surface area contributed by atoms with Crippen LogP contribution < -0.4 is 10.2 Å². The van der Waals surface area contributed by atoms with Crippen molar-refractivity contribution in [3.63, 3.8) is 0 Å². The van der Waals surface area contributed by atoms with Gasteiger partial charge in [0.2, 0.25) is 0 Å². The van der Waals surface area contributed by atoms with Crippen molar-refractivity contribution in [2.75, 3.05) is 23.3 Å². The highest BCUT2D eigenvalue weighted by Gasteiger charge is 2.12. The Labute approximate surface area is 135 Å². The zero-order valence-electron chi connectivity index (χ0n) is 13.3. The quantitative estimate of drug-likeness (QED) is 0.850. The number of H-pyrrole nitrogens is 1. The third kappa shape index (κ3) is 3.62. The molecule has 0 saturated carbocycles. The lowest BCUT2D eigenvalue weighted by atomic mass is 10.1. The fourth-order valence-corrected chi connectivity index (χ4v) is 2.84. The SMILES string of the molecule is CC(=O)c1ccc(C(=O)Nc2ccc(N3CCCCC3)cc2)[nH]1. The normalized spacial score (nSPS) is 14.6. The molecule has 2 aromatic rings. The van der Waals surface area contributed by atoms with Crippen LogP contribution in [0.4, 0.5) is 11.4 Å². The topological polar surface area (TPSA) is 65.2 Å². The van der Waals surface area contributed by atoms with Gasteiger partial charge in [-0.3, -0.25) is 9.59 Å². The Morgan fingerprint density at radius 2 is 1.61 bits per heavy atom. The molecule has 1 amide bonds. The molecule has 1 aromatic carbocycles. The monoisotopic (exact) mass is 311 g/mol. The highest BCUT2D eigenvalue weighted by molar-refractivity contribution is 6.04. The number of aromatic nitrogens is 1. The van der Waals surface area contributed by atoms with Crippen LogP contribution in [0.3, 0.4) is 0 Å². The summed E-state index contributed by atoms with van der Waals surface area (Å²) in [5, 5.41) is 2.84. The van der Waals surface area contributed by atoms with E-state index in [2.05, 4.69) is 15.2 Å². The number of carbonyl (C=O) groups is 2. The predicted octanol–water partition coefficient (Wildman–Crippen LogP) is 3.46. The Hall–Kier alpha value is -2.56. The van der Waals surface area contributed by atoms with Crippen LogP contribution in [-0.2, 0) is 0 Å². The third-order valence-corrected chi connectivity index (χ3v) is 4.16. The lowest BCUT2D eigenvalue weighted by Crippen LogP contribution is -2.29. The number of rotatable bonds is 4. The molecule has 2 heterocycles. The molecule has 0 bridgehead atoms. The van der Waals surface area contributed by atoms with Crippen molar-refractivity contribution in [3.05, 3.63) is 47.8 Å². The third-order valence-electron chi connectivity index (χ3n) is 4.16. The fourth-order valence-electron chi connectivity index (χ4n) is 2.84. The van der Waals surface area contributed by atoms with Crippen LogP contribution in [0.1, 0.15) is 47.2 Å². The van der Waals surface area contributed by atoms with E-state index in [9.17, 15) is 9.59 Å². The van der Waals surface area contributed by atoms with E-state index in [4.69, 9.17) is 0 Å². The number of piperidine rings is 1. The van der Waals surface area contributed by atoms with Crippen molar-refractivity contribution in [1.82, 2.24) is 4.98 Å². The van der Waals surface area contributed by atoms with Gasteiger partial charge in [-0.25, -0.2) is 0 Å². The molecule has 1 aromatic heterocycles. The second kappa shape index (κ2) is 6.69. The number of ketones is 1. The number of carbonyl (C=O) groups excluding carboxylic acids is 2. The first-order chi connectivity index (χ1) is 11.1. The number of benzene rings is 1. The summed E-state index contributed by atoms with van der Waals surface area (Å²) in [7, 11) is 0. The zero-order valence-corrected chi connectivity index (χ0v) is 13.3. The minimum Gasteiger partial charge on any atom is -0.372 e. The molecule has 5 heteroatoms. The number of anilines is 2. The smallest absolute Gasteiger partial charge is 0.272 e. The number of hydrogen-bond acceptors (Lipinski definition) is 3. The Kier molecular flexibility index (Phi) is 4.46. The molecule has 2 N–H and O–H groups in total. The summed E-state index contributed by atoms with van der Waals surface area (Å²) in [6.07, 6.45) is 3.79. The van der Waals surface area contributed by atoms with Crippen molar-refractivity contribution in [2.45, 2.75) is 26.2 Å². The molecule has 5 nitrogen and oxygen atoms in total. The van der Waals surface area contributed by atoms with Gasteiger partial charge in [0.15, 0.2) is 5.78 Å². The number of nitrogens with zero attached hydrogens (tertiary/aromatic N) is 1. The van der Waals surface area contributed by atoms with Gasteiger partial charge >= 0.3 is 0 Å². The van der Waals surface area contributed by atoms with Gasteiger partial charge in [-0.1, -0.05) is 0 Å². The molecule has 0 spiro atoms. The van der Waals surface area contributed by atoms with Crippen LogP contribution in [-0.4, -0.2) is 29.8 Å². The summed E-state index contributed by atoms with van der Waals surface area (Å²) in [6.45, 7) is 3.66. The van der Waals surface area contributed by atoms with Gasteiger partial charge in [0.25, 0.3) is 5.91 Å². The minimum atomic E-state index is -0.247. The maximum Gasteiger partial charge on any atom is 0.272 e. The van der Waals surface area contributed by atoms with Gasteiger partial charge in [0, 0.05) is 31.4 Å². The molecule has 1 aliphatic rings. The maximum atomic E-state index is 12.2. The number of aromatic amines is 1. The number of nitrogens with one attached hydrogen (secondary N) is 2. The standard InChI is InChI=1S/C18H21N3O2/c1-13(22)16-9-10-17(20-16)18(23)19-14-5-7-15(8-6-14)21-11-3-2-4-12-21/h5-10,20H,2-4,11-12H2,1H3,(H,19,23). The van der Waals surface area contributed by atoms with Crippen molar-refractivity contribution < 1.29 is 9.59 Å². The molecular weight excluding hydrogens is 290 g/mol. The highest BCUT2D eigenvalue weighted by Crippen LogP contribution is 2.22. The minimum absolute atomic E-state index is 0.0880. The van der Waals surface area contributed by atoms with Crippen LogP contribution in [0.2, 0.25) is 0 Å². The molecule has 120 valence electrons. The first-order valence-electron chi connectivity index (χ1n) is 8.00. The summed E-state index contributed by atoms with van der Waals surface area (Å²) < 4.78 is 0. The van der Waals surface area contributed by atoms with Crippen LogP contribution in [0.15, 0.2) is 36.4 Å². The summed E-state index contributed by atoms with van der Waals surface area (Å²) >= 11 is 0. The molecule has 0 radical (unpaired) electrons. The van der Waals surface area contributed by atoms with Crippen LogP contribution in [0.25, 0.3) is 0 Å². The molecule has 3 rings (SSSR count). The average Bonchev–Trinajstić information content (AvgIpc) is 3.07. The highest BCUT2D eigenvalue weighted by atomic mass is 16.2. The molecule has 23 heavy (non-hydrogen) atoms. The van der Waals surface area contributed by atoms with E-state index in [-0.39, 0.29) is 11.7 Å². The molecule has 0 unspecified atom stereocenters. The van der Waals surface area contributed by atoms with Crippen LogP contribution in [0, 0.1) is 0 Å². The lowest BCUT2D eigenvalue weighted by molar-refractivity contribution is 0.101. The molecule has 1 fully saturated rings. The van der Waals surface area contributed by atoms with E-state index in [0.29, 0.717) is 11.4 Å².